The van der Waals surface area contributed by atoms with E-state index in [-0.39, 0.29) is 11.9 Å². The van der Waals surface area contributed by atoms with Gasteiger partial charge in [-0.15, -0.1) is 0 Å². The molecule has 2 rings (SSSR count). The fraction of sp³-hybridized carbons (Fsp3) is 0.263. The molecule has 1 amide bonds. The van der Waals surface area contributed by atoms with Crippen molar-refractivity contribution in [3.63, 3.8) is 0 Å². The van der Waals surface area contributed by atoms with Crippen LogP contribution in [0, 0.1) is 13.8 Å². The van der Waals surface area contributed by atoms with Crippen LogP contribution in [0.5, 0.6) is 0 Å². The van der Waals surface area contributed by atoms with Crippen LogP contribution in [0.1, 0.15) is 50.4 Å². The molecule has 0 bridgehead atoms. The normalized spacial score (nSPS) is 11.7. The molecule has 0 saturated heterocycles. The first-order chi connectivity index (χ1) is 10.9. The first-order valence-corrected chi connectivity index (χ1v) is 7.48. The van der Waals surface area contributed by atoms with Crippen LogP contribution in [0.15, 0.2) is 42.5 Å². The molecule has 0 heterocycles. The number of methoxy groups -OCH3 is 1. The third-order valence-electron chi connectivity index (χ3n) is 3.82. The van der Waals surface area contributed by atoms with Gasteiger partial charge in [0.25, 0.3) is 5.91 Å². The SMILES string of the molecule is COC(=O)c1ccc(C(=O)NC(C)c2cc(C)ccc2C)cc1. The fourth-order valence-corrected chi connectivity index (χ4v) is 2.46. The molecule has 0 fully saturated rings. The number of hydrogen-bond acceptors (Lipinski definition) is 3. The van der Waals surface area contributed by atoms with Crippen molar-refractivity contribution in [3.05, 3.63) is 70.3 Å². The summed E-state index contributed by atoms with van der Waals surface area (Å²) in [6, 6.07) is 12.5. The minimum Gasteiger partial charge on any atom is -0.465 e. The summed E-state index contributed by atoms with van der Waals surface area (Å²) < 4.78 is 4.64. The summed E-state index contributed by atoms with van der Waals surface area (Å²) in [5.41, 5.74) is 4.34. The van der Waals surface area contributed by atoms with Gasteiger partial charge >= 0.3 is 5.97 Å². The first-order valence-electron chi connectivity index (χ1n) is 7.48. The number of rotatable bonds is 4. The summed E-state index contributed by atoms with van der Waals surface area (Å²) in [6.07, 6.45) is 0. The number of ether oxygens (including phenoxy) is 1. The van der Waals surface area contributed by atoms with Crippen LogP contribution in [0.25, 0.3) is 0 Å². The molecule has 0 spiro atoms. The van der Waals surface area contributed by atoms with Crippen LogP contribution >= 0.6 is 0 Å². The zero-order valence-electron chi connectivity index (χ0n) is 13.8. The van der Waals surface area contributed by atoms with E-state index in [1.54, 1.807) is 24.3 Å². The van der Waals surface area contributed by atoms with E-state index in [2.05, 4.69) is 28.3 Å². The highest BCUT2D eigenvalue weighted by Gasteiger charge is 2.14. The molecule has 4 nitrogen and oxygen atoms in total. The summed E-state index contributed by atoms with van der Waals surface area (Å²) in [5, 5.41) is 2.99. The van der Waals surface area contributed by atoms with Gasteiger partial charge in [-0.3, -0.25) is 4.79 Å². The van der Waals surface area contributed by atoms with Gasteiger partial charge in [-0.2, -0.15) is 0 Å². The second kappa shape index (κ2) is 7.09. The molecule has 0 saturated carbocycles. The lowest BCUT2D eigenvalue weighted by Gasteiger charge is -2.17. The number of carbonyl (C=O) groups is 2. The van der Waals surface area contributed by atoms with Crippen molar-refractivity contribution >= 4 is 11.9 Å². The number of benzene rings is 2. The van der Waals surface area contributed by atoms with Crippen molar-refractivity contribution in [3.8, 4) is 0 Å². The molecule has 0 aliphatic heterocycles. The molecule has 1 atom stereocenters. The third-order valence-corrected chi connectivity index (χ3v) is 3.82. The first kappa shape index (κ1) is 16.7. The van der Waals surface area contributed by atoms with E-state index >= 15 is 0 Å². The summed E-state index contributed by atoms with van der Waals surface area (Å²) in [4.78, 5) is 23.8. The van der Waals surface area contributed by atoms with E-state index in [0.717, 1.165) is 16.7 Å². The maximum absolute atomic E-state index is 12.3. The standard InChI is InChI=1S/C19H21NO3/c1-12-5-6-13(2)17(11-12)14(3)20-18(21)15-7-9-16(10-8-15)19(22)23-4/h5-11,14H,1-4H3,(H,20,21). The topological polar surface area (TPSA) is 55.4 Å². The summed E-state index contributed by atoms with van der Waals surface area (Å²) in [6.45, 7) is 6.02. The molecule has 0 aliphatic carbocycles. The quantitative estimate of drug-likeness (QED) is 0.878. The predicted molar refractivity (Wildman–Crippen MR) is 89.6 cm³/mol. The number of nitrogens with one attached hydrogen (secondary N) is 1. The molecular weight excluding hydrogens is 290 g/mol. The van der Waals surface area contributed by atoms with Gasteiger partial charge in [0, 0.05) is 5.56 Å². The van der Waals surface area contributed by atoms with Gasteiger partial charge in [0.2, 0.25) is 0 Å². The minimum atomic E-state index is -0.416. The number of aryl methyl sites for hydroxylation is 2. The van der Waals surface area contributed by atoms with Crippen LogP contribution in [0.4, 0.5) is 0 Å². The summed E-state index contributed by atoms with van der Waals surface area (Å²) in [7, 11) is 1.33. The minimum absolute atomic E-state index is 0.0947. The largest absolute Gasteiger partial charge is 0.465 e. The smallest absolute Gasteiger partial charge is 0.337 e. The van der Waals surface area contributed by atoms with Gasteiger partial charge in [-0.05, 0) is 56.2 Å². The second-order valence-electron chi connectivity index (χ2n) is 5.62. The number of esters is 1. The highest BCUT2D eigenvalue weighted by atomic mass is 16.5. The van der Waals surface area contributed by atoms with Crippen molar-refractivity contribution in [1.82, 2.24) is 5.32 Å². The third kappa shape index (κ3) is 3.97. The average Bonchev–Trinajstić information content (AvgIpc) is 2.56. The second-order valence-corrected chi connectivity index (χ2v) is 5.62. The predicted octanol–water partition coefficient (Wildman–Crippen LogP) is 3.58. The zero-order chi connectivity index (χ0) is 17.0. The van der Waals surface area contributed by atoms with E-state index < -0.39 is 5.97 Å². The van der Waals surface area contributed by atoms with Crippen molar-refractivity contribution in [1.29, 1.82) is 0 Å². The Morgan fingerprint density at radius 1 is 1.00 bits per heavy atom. The lowest BCUT2D eigenvalue weighted by Crippen LogP contribution is -2.27. The molecule has 4 heteroatoms. The molecule has 0 radical (unpaired) electrons. The summed E-state index contributed by atoms with van der Waals surface area (Å²) >= 11 is 0. The maximum Gasteiger partial charge on any atom is 0.337 e. The van der Waals surface area contributed by atoms with Crippen LogP contribution in [0.2, 0.25) is 0 Å². The van der Waals surface area contributed by atoms with Gasteiger partial charge in [-0.25, -0.2) is 4.79 Å². The fourth-order valence-electron chi connectivity index (χ4n) is 2.46. The maximum atomic E-state index is 12.3. The van der Waals surface area contributed by atoms with Crippen molar-refractivity contribution < 1.29 is 14.3 Å². The molecule has 2 aromatic rings. The highest BCUT2D eigenvalue weighted by molar-refractivity contribution is 5.96. The Morgan fingerprint density at radius 2 is 1.61 bits per heavy atom. The molecule has 2 aromatic carbocycles. The van der Waals surface area contributed by atoms with Crippen LogP contribution in [0.3, 0.4) is 0 Å². The highest BCUT2D eigenvalue weighted by Crippen LogP contribution is 2.19. The van der Waals surface area contributed by atoms with Gasteiger partial charge in [-0.1, -0.05) is 23.8 Å². The average molecular weight is 311 g/mol. The zero-order valence-corrected chi connectivity index (χ0v) is 13.8. The molecule has 120 valence electrons. The van der Waals surface area contributed by atoms with Crippen LogP contribution in [-0.2, 0) is 4.74 Å². The Balaban J connectivity index is 2.12. The Hall–Kier alpha value is -2.62. The van der Waals surface area contributed by atoms with Crippen molar-refractivity contribution in [2.45, 2.75) is 26.8 Å². The monoisotopic (exact) mass is 311 g/mol. The lowest BCUT2D eigenvalue weighted by atomic mass is 9.99. The molecule has 0 aromatic heterocycles. The van der Waals surface area contributed by atoms with Crippen molar-refractivity contribution in [2.75, 3.05) is 7.11 Å². The van der Waals surface area contributed by atoms with Gasteiger partial charge in [0.05, 0.1) is 18.7 Å². The Kier molecular flexibility index (Phi) is 5.16. The lowest BCUT2D eigenvalue weighted by molar-refractivity contribution is 0.0600. The van der Waals surface area contributed by atoms with E-state index in [4.69, 9.17) is 0 Å². The number of hydrogen-bond donors (Lipinski definition) is 1. The molecule has 1 N–H and O–H groups in total. The van der Waals surface area contributed by atoms with E-state index in [0.29, 0.717) is 11.1 Å². The van der Waals surface area contributed by atoms with Gasteiger partial charge < -0.3 is 10.1 Å². The number of amides is 1. The summed E-state index contributed by atoms with van der Waals surface area (Å²) in [5.74, 6) is -0.587. The van der Waals surface area contributed by atoms with Gasteiger partial charge in [0.1, 0.15) is 0 Å². The molecule has 23 heavy (non-hydrogen) atoms. The molecule has 0 aliphatic rings. The van der Waals surface area contributed by atoms with E-state index in [1.807, 2.05) is 20.8 Å². The number of carbonyl (C=O) groups excluding carboxylic acids is 2. The Bertz CT molecular complexity index is 720. The van der Waals surface area contributed by atoms with Crippen molar-refractivity contribution in [2.24, 2.45) is 0 Å². The van der Waals surface area contributed by atoms with Crippen LogP contribution < -0.4 is 5.32 Å². The Labute approximate surface area is 136 Å². The van der Waals surface area contributed by atoms with E-state index in [9.17, 15) is 9.59 Å². The van der Waals surface area contributed by atoms with Gasteiger partial charge in [0.15, 0.2) is 0 Å². The molecular formula is C19H21NO3. The molecule has 1 unspecified atom stereocenters. The van der Waals surface area contributed by atoms with E-state index in [1.165, 1.54) is 7.11 Å². The van der Waals surface area contributed by atoms with Crippen LogP contribution in [-0.4, -0.2) is 19.0 Å². The Morgan fingerprint density at radius 3 is 2.22 bits per heavy atom.